The number of para-hydroxylation sites is 2. The number of hydrogen-bond acceptors (Lipinski definition) is 6. The van der Waals surface area contributed by atoms with Gasteiger partial charge in [0.15, 0.2) is 6.10 Å². The zero-order valence-corrected chi connectivity index (χ0v) is 19.6. The van der Waals surface area contributed by atoms with E-state index in [1.807, 2.05) is 54.6 Å². The molecule has 0 N–H and O–H groups in total. The van der Waals surface area contributed by atoms with Crippen LogP contribution in [0.4, 0.5) is 5.69 Å². The van der Waals surface area contributed by atoms with Crippen molar-refractivity contribution < 1.29 is 28.2 Å². The number of amides is 2. The molecule has 8 heteroatoms. The molecule has 182 valence electrons. The highest BCUT2D eigenvalue weighted by Crippen LogP contribution is 2.34. The average molecular weight is 477 g/mol. The molecule has 0 aliphatic carbocycles. The molecule has 1 fully saturated rings. The Balaban J connectivity index is 1.26. The Kier molecular flexibility index (Phi) is 6.72. The number of benzene rings is 2. The van der Waals surface area contributed by atoms with Crippen LogP contribution in [0.3, 0.4) is 0 Å². The van der Waals surface area contributed by atoms with Crippen LogP contribution in [0.1, 0.15) is 12.2 Å². The first-order valence-corrected chi connectivity index (χ1v) is 11.8. The third kappa shape index (κ3) is 5.02. The molecule has 35 heavy (non-hydrogen) atoms. The molecule has 2 aliphatic heterocycles. The lowest BCUT2D eigenvalue weighted by Crippen LogP contribution is -2.54. The average Bonchev–Trinajstić information content (AvgIpc) is 3.40. The predicted octanol–water partition coefficient (Wildman–Crippen LogP) is 3.54. The largest absolute Gasteiger partial charge is 0.497 e. The van der Waals surface area contributed by atoms with Crippen LogP contribution in [0.2, 0.25) is 0 Å². The lowest BCUT2D eigenvalue weighted by atomic mass is 10.1. The molecule has 3 aromatic rings. The summed E-state index contributed by atoms with van der Waals surface area (Å²) < 4.78 is 22.5. The highest BCUT2D eigenvalue weighted by molar-refractivity contribution is 5.97. The van der Waals surface area contributed by atoms with Gasteiger partial charge in [-0.3, -0.25) is 9.59 Å². The summed E-state index contributed by atoms with van der Waals surface area (Å²) in [6, 6.07) is 18.8. The molecule has 2 amide bonds. The number of carbonyl (C=O) groups is 2. The van der Waals surface area contributed by atoms with Gasteiger partial charge in [0.1, 0.15) is 23.0 Å². The van der Waals surface area contributed by atoms with Crippen LogP contribution in [0, 0.1) is 0 Å². The van der Waals surface area contributed by atoms with E-state index in [1.165, 1.54) is 0 Å². The van der Waals surface area contributed by atoms with Gasteiger partial charge in [-0.2, -0.15) is 0 Å². The van der Waals surface area contributed by atoms with Crippen molar-refractivity contribution in [3.8, 4) is 22.8 Å². The lowest BCUT2D eigenvalue weighted by molar-refractivity contribution is -0.142. The van der Waals surface area contributed by atoms with Gasteiger partial charge >= 0.3 is 0 Å². The quantitative estimate of drug-likeness (QED) is 0.541. The van der Waals surface area contributed by atoms with E-state index in [4.69, 9.17) is 18.6 Å². The normalized spacial score (nSPS) is 17.5. The molecule has 0 saturated carbocycles. The van der Waals surface area contributed by atoms with Gasteiger partial charge in [0.25, 0.3) is 5.91 Å². The maximum atomic E-state index is 13.3. The molecule has 2 aliphatic rings. The Labute approximate surface area is 204 Å². The van der Waals surface area contributed by atoms with Crippen LogP contribution < -0.4 is 14.4 Å². The van der Waals surface area contributed by atoms with Crippen molar-refractivity contribution in [2.75, 3.05) is 44.9 Å². The molecule has 2 aromatic carbocycles. The first-order chi connectivity index (χ1) is 17.1. The van der Waals surface area contributed by atoms with E-state index >= 15 is 0 Å². The highest BCUT2D eigenvalue weighted by atomic mass is 16.5. The van der Waals surface area contributed by atoms with Gasteiger partial charge in [-0.15, -0.1) is 0 Å². The molecular formula is C27H28N2O6. The second-order valence-electron chi connectivity index (χ2n) is 8.51. The van der Waals surface area contributed by atoms with Gasteiger partial charge in [0.05, 0.1) is 32.6 Å². The highest BCUT2D eigenvalue weighted by Gasteiger charge is 2.36. The van der Waals surface area contributed by atoms with Crippen molar-refractivity contribution in [2.24, 2.45) is 0 Å². The van der Waals surface area contributed by atoms with Crippen molar-refractivity contribution in [1.82, 2.24) is 4.90 Å². The summed E-state index contributed by atoms with van der Waals surface area (Å²) in [6.45, 7) is 2.27. The van der Waals surface area contributed by atoms with Gasteiger partial charge < -0.3 is 28.4 Å². The summed E-state index contributed by atoms with van der Waals surface area (Å²) in [4.78, 5) is 29.8. The van der Waals surface area contributed by atoms with Crippen LogP contribution in [0.25, 0.3) is 11.3 Å². The van der Waals surface area contributed by atoms with Crippen LogP contribution >= 0.6 is 0 Å². The van der Waals surface area contributed by atoms with Gasteiger partial charge in [-0.25, -0.2) is 0 Å². The molecule has 0 bridgehead atoms. The van der Waals surface area contributed by atoms with Crippen LogP contribution in [0.15, 0.2) is 65.1 Å². The summed E-state index contributed by atoms with van der Waals surface area (Å²) in [5.41, 5.74) is 1.62. The van der Waals surface area contributed by atoms with E-state index in [-0.39, 0.29) is 24.8 Å². The van der Waals surface area contributed by atoms with Gasteiger partial charge in [0, 0.05) is 31.5 Å². The van der Waals surface area contributed by atoms with Crippen LogP contribution in [0.5, 0.6) is 11.5 Å². The minimum absolute atomic E-state index is 0.0806. The van der Waals surface area contributed by atoms with Gasteiger partial charge in [0.2, 0.25) is 5.91 Å². The Morgan fingerprint density at radius 2 is 1.77 bits per heavy atom. The number of hydrogen-bond donors (Lipinski definition) is 0. The molecule has 1 saturated heterocycles. The second-order valence-corrected chi connectivity index (χ2v) is 8.51. The summed E-state index contributed by atoms with van der Waals surface area (Å²) in [7, 11) is 1.63. The maximum Gasteiger partial charge on any atom is 0.265 e. The fourth-order valence-corrected chi connectivity index (χ4v) is 4.37. The first-order valence-electron chi connectivity index (χ1n) is 11.8. The third-order valence-electron chi connectivity index (χ3n) is 6.29. The van der Waals surface area contributed by atoms with E-state index in [0.29, 0.717) is 44.2 Å². The zero-order valence-electron chi connectivity index (χ0n) is 19.6. The Morgan fingerprint density at radius 1 is 1.00 bits per heavy atom. The topological polar surface area (TPSA) is 81.5 Å². The van der Waals surface area contributed by atoms with Crippen molar-refractivity contribution >= 4 is 17.5 Å². The molecule has 1 atom stereocenters. The Bertz CT molecular complexity index is 1180. The number of rotatable bonds is 6. The minimum Gasteiger partial charge on any atom is -0.497 e. The monoisotopic (exact) mass is 476 g/mol. The minimum atomic E-state index is -0.739. The van der Waals surface area contributed by atoms with E-state index in [2.05, 4.69) is 0 Å². The number of aryl methyl sites for hydroxylation is 1. The van der Waals surface area contributed by atoms with E-state index < -0.39 is 6.10 Å². The number of ether oxygens (including phenoxy) is 3. The number of methoxy groups -OCH3 is 1. The molecular weight excluding hydrogens is 448 g/mol. The Hall–Kier alpha value is -3.78. The number of morpholine rings is 1. The standard InChI is InChI=1S/C27H28N2O6/c1-32-20-8-6-19(7-9-20)23-12-10-21(34-23)11-13-26(30)29-18-25(27(31)28-14-16-33-17-15-28)35-24-5-3-2-4-22(24)29/h2-10,12,25H,11,13-18H2,1H3. The summed E-state index contributed by atoms with van der Waals surface area (Å²) >= 11 is 0. The number of anilines is 1. The smallest absolute Gasteiger partial charge is 0.265 e. The zero-order chi connectivity index (χ0) is 24.2. The van der Waals surface area contributed by atoms with Crippen LogP contribution in [-0.2, 0) is 20.7 Å². The number of furan rings is 1. The van der Waals surface area contributed by atoms with E-state index in [9.17, 15) is 9.59 Å². The predicted molar refractivity (Wildman–Crippen MR) is 130 cm³/mol. The molecule has 1 aromatic heterocycles. The number of fused-ring (bicyclic) bond motifs is 1. The van der Waals surface area contributed by atoms with Crippen molar-refractivity contribution in [3.05, 3.63) is 66.4 Å². The molecule has 3 heterocycles. The first kappa shape index (κ1) is 23.0. The Morgan fingerprint density at radius 3 is 2.54 bits per heavy atom. The van der Waals surface area contributed by atoms with Crippen LogP contribution in [-0.4, -0.2) is 62.8 Å². The lowest BCUT2D eigenvalue weighted by Gasteiger charge is -2.37. The summed E-state index contributed by atoms with van der Waals surface area (Å²) in [6.07, 6.45) is -0.0314. The number of nitrogens with zero attached hydrogens (tertiary/aromatic N) is 2. The molecule has 0 spiro atoms. The van der Waals surface area contributed by atoms with Gasteiger partial charge in [-0.05, 0) is 48.5 Å². The fraction of sp³-hybridized carbons (Fsp3) is 0.333. The fourth-order valence-electron chi connectivity index (χ4n) is 4.37. The van der Waals surface area contributed by atoms with Gasteiger partial charge in [-0.1, -0.05) is 12.1 Å². The summed E-state index contributed by atoms with van der Waals surface area (Å²) in [5.74, 6) is 2.59. The molecule has 1 unspecified atom stereocenters. The van der Waals surface area contributed by atoms with E-state index in [0.717, 1.165) is 22.8 Å². The second kappa shape index (κ2) is 10.2. The van der Waals surface area contributed by atoms with Crippen molar-refractivity contribution in [1.29, 1.82) is 0 Å². The number of carbonyl (C=O) groups excluding carboxylic acids is 2. The maximum absolute atomic E-state index is 13.3. The third-order valence-corrected chi connectivity index (χ3v) is 6.29. The molecule has 8 nitrogen and oxygen atoms in total. The SMILES string of the molecule is COc1ccc(-c2ccc(CCC(=O)N3CC(C(=O)N4CCOCC4)Oc4ccccc43)o2)cc1. The molecule has 5 rings (SSSR count). The molecule has 0 radical (unpaired) electrons. The van der Waals surface area contributed by atoms with E-state index in [1.54, 1.807) is 23.0 Å². The van der Waals surface area contributed by atoms with Crippen molar-refractivity contribution in [2.45, 2.75) is 18.9 Å². The summed E-state index contributed by atoms with van der Waals surface area (Å²) in [5, 5.41) is 0. The van der Waals surface area contributed by atoms with Crippen molar-refractivity contribution in [3.63, 3.8) is 0 Å².